The van der Waals surface area contributed by atoms with Crippen LogP contribution < -0.4 is 21.5 Å². The zero-order valence-electron chi connectivity index (χ0n) is 21.7. The van der Waals surface area contributed by atoms with Gasteiger partial charge < -0.3 is 31.2 Å². The highest BCUT2D eigenvalue weighted by Crippen LogP contribution is 2.47. The van der Waals surface area contributed by atoms with Gasteiger partial charge in [-0.05, 0) is 55.5 Å². The molecule has 1 unspecified atom stereocenters. The lowest BCUT2D eigenvalue weighted by atomic mass is 9.81. The maximum Gasteiger partial charge on any atom is 0.424 e. The first-order valence-corrected chi connectivity index (χ1v) is 12.2. The molecule has 0 saturated heterocycles. The fraction of sp³-hybridized carbons (Fsp3) is 0.259. The summed E-state index contributed by atoms with van der Waals surface area (Å²) in [6, 6.07) is 9.82. The maximum atomic E-state index is 14.5. The fourth-order valence-electron chi connectivity index (χ4n) is 4.61. The quantitative estimate of drug-likeness (QED) is 0.259. The molecule has 0 spiro atoms. The molecule has 0 fully saturated rings. The van der Waals surface area contributed by atoms with Crippen molar-refractivity contribution in [1.29, 1.82) is 0 Å². The van der Waals surface area contributed by atoms with Gasteiger partial charge in [0.2, 0.25) is 17.5 Å². The molecule has 0 bridgehead atoms. The zero-order chi connectivity index (χ0) is 29.9. The molecular formula is C27H24F4N6O4. The van der Waals surface area contributed by atoms with Crippen LogP contribution in [0, 0.1) is 5.82 Å². The molecule has 2 aromatic carbocycles. The van der Waals surface area contributed by atoms with Gasteiger partial charge >= 0.3 is 6.18 Å². The number of carbonyl (C=O) groups excluding carboxylic acids is 2. The molecule has 2 atom stereocenters. The van der Waals surface area contributed by atoms with E-state index >= 15 is 0 Å². The van der Waals surface area contributed by atoms with E-state index in [9.17, 15) is 32.3 Å². The van der Waals surface area contributed by atoms with Gasteiger partial charge in [0.1, 0.15) is 29.3 Å². The third kappa shape index (κ3) is 4.49. The molecule has 0 aliphatic carbocycles. The number of rotatable bonds is 6. The number of imidazole rings is 1. The van der Waals surface area contributed by atoms with Crippen molar-refractivity contribution in [2.75, 3.05) is 18.9 Å². The van der Waals surface area contributed by atoms with Crippen LogP contribution in [-0.4, -0.2) is 50.8 Å². The minimum Gasteiger partial charge on any atom is -0.489 e. The van der Waals surface area contributed by atoms with Crippen molar-refractivity contribution in [1.82, 2.24) is 19.9 Å². The Morgan fingerprint density at radius 2 is 1.83 bits per heavy atom. The number of aliphatic hydroxyl groups is 1. The second-order valence-electron chi connectivity index (χ2n) is 10.00. The van der Waals surface area contributed by atoms with Crippen molar-refractivity contribution in [3.63, 3.8) is 0 Å². The van der Waals surface area contributed by atoms with Crippen LogP contribution in [0.4, 0.5) is 23.5 Å². The minimum absolute atomic E-state index is 0.0243. The number of anilines is 1. The normalized spacial score (nSPS) is 18.0. The van der Waals surface area contributed by atoms with Gasteiger partial charge in [0.05, 0.1) is 23.3 Å². The first kappa shape index (κ1) is 27.8. The van der Waals surface area contributed by atoms with Gasteiger partial charge in [0, 0.05) is 23.7 Å². The van der Waals surface area contributed by atoms with Gasteiger partial charge in [0.15, 0.2) is 0 Å². The van der Waals surface area contributed by atoms with E-state index in [1.165, 1.54) is 37.3 Å². The Morgan fingerprint density at radius 1 is 1.15 bits per heavy atom. The van der Waals surface area contributed by atoms with Crippen molar-refractivity contribution in [2.45, 2.75) is 24.1 Å². The van der Waals surface area contributed by atoms with Crippen molar-refractivity contribution in [3.05, 3.63) is 71.2 Å². The molecule has 1 aliphatic rings. The van der Waals surface area contributed by atoms with Crippen LogP contribution in [0.3, 0.4) is 0 Å². The molecule has 5 rings (SSSR count). The van der Waals surface area contributed by atoms with Crippen LogP contribution in [0.25, 0.3) is 22.3 Å². The highest BCUT2D eigenvalue weighted by atomic mass is 19.4. The van der Waals surface area contributed by atoms with Gasteiger partial charge in [-0.3, -0.25) is 9.59 Å². The summed E-state index contributed by atoms with van der Waals surface area (Å²) in [6.45, 7) is -0.243. The van der Waals surface area contributed by atoms with E-state index in [-0.39, 0.29) is 40.7 Å². The second-order valence-corrected chi connectivity index (χ2v) is 10.00. The van der Waals surface area contributed by atoms with Gasteiger partial charge in [-0.1, -0.05) is 0 Å². The van der Waals surface area contributed by atoms with Crippen LogP contribution in [0.1, 0.15) is 28.5 Å². The Balaban J connectivity index is 1.58. The maximum absolute atomic E-state index is 14.5. The number of halogens is 4. The third-order valence-electron chi connectivity index (χ3n) is 7.31. The van der Waals surface area contributed by atoms with Gasteiger partial charge in [0.25, 0.3) is 5.91 Å². The van der Waals surface area contributed by atoms with Crippen molar-refractivity contribution < 1.29 is 37.0 Å². The second kappa shape index (κ2) is 9.44. The highest BCUT2D eigenvalue weighted by Gasteiger charge is 2.57. The number of aryl methyl sites for hydroxylation is 1. The van der Waals surface area contributed by atoms with E-state index in [4.69, 9.17) is 16.2 Å². The minimum atomic E-state index is -5.34. The number of alkyl halides is 3. The summed E-state index contributed by atoms with van der Waals surface area (Å²) >= 11 is 0. The smallest absolute Gasteiger partial charge is 0.424 e. The number of aromatic nitrogens is 3. The fourth-order valence-corrected chi connectivity index (χ4v) is 4.61. The first-order chi connectivity index (χ1) is 19.2. The van der Waals surface area contributed by atoms with E-state index < -0.39 is 47.1 Å². The standard InChI is InChI=1S/C27H24F4N6O4/c1-25(23(32)39)12-41-21-16(25)10-19(36-20(21)13-3-6-15(28)7-4-13)26(40,27(29,30)31)11-34-22(38)14-5-8-18-17(9-14)35-24(33)37(18)2/h3-10,40H,11-12H2,1-2H3,(H2,32,39)(H2,33,35)(H,34,38)/t25-,26?/m0/s1. The molecule has 4 aromatic rings. The number of benzene rings is 2. The number of ether oxygens (including phenoxy) is 1. The molecule has 2 aromatic heterocycles. The summed E-state index contributed by atoms with van der Waals surface area (Å²) in [5, 5.41) is 13.3. The number of nitrogens with one attached hydrogen (secondary N) is 1. The molecular weight excluding hydrogens is 548 g/mol. The lowest BCUT2D eigenvalue weighted by Gasteiger charge is -2.31. The Labute approximate surface area is 229 Å². The number of amides is 2. The van der Waals surface area contributed by atoms with Crippen LogP contribution in [0.2, 0.25) is 0 Å². The number of nitrogens with zero attached hydrogens (tertiary/aromatic N) is 3. The Morgan fingerprint density at radius 3 is 2.46 bits per heavy atom. The van der Waals surface area contributed by atoms with E-state index in [1.54, 1.807) is 11.6 Å². The Kier molecular flexibility index (Phi) is 6.41. The topological polar surface area (TPSA) is 158 Å². The van der Waals surface area contributed by atoms with Crippen LogP contribution in [0.15, 0.2) is 48.5 Å². The lowest BCUT2D eigenvalue weighted by molar-refractivity contribution is -0.265. The van der Waals surface area contributed by atoms with Crippen molar-refractivity contribution >= 4 is 28.8 Å². The number of hydrogen-bond acceptors (Lipinski definition) is 7. The number of primary amides is 1. The summed E-state index contributed by atoms with van der Waals surface area (Å²) in [4.78, 5) is 33.4. The molecule has 3 heterocycles. The molecule has 14 heteroatoms. The molecule has 0 saturated carbocycles. The molecule has 41 heavy (non-hydrogen) atoms. The number of hydrogen-bond donors (Lipinski definition) is 4. The predicted octanol–water partition coefficient (Wildman–Crippen LogP) is 2.67. The third-order valence-corrected chi connectivity index (χ3v) is 7.31. The summed E-state index contributed by atoms with van der Waals surface area (Å²) in [6.07, 6.45) is -5.34. The Hall–Kier alpha value is -4.72. The predicted molar refractivity (Wildman–Crippen MR) is 139 cm³/mol. The number of fused-ring (bicyclic) bond motifs is 2. The number of nitrogens with two attached hydrogens (primary N) is 2. The van der Waals surface area contributed by atoms with Gasteiger partial charge in [-0.25, -0.2) is 14.4 Å². The highest BCUT2D eigenvalue weighted by molar-refractivity contribution is 5.97. The summed E-state index contributed by atoms with van der Waals surface area (Å²) < 4.78 is 64.5. The lowest BCUT2D eigenvalue weighted by Crippen LogP contribution is -2.51. The van der Waals surface area contributed by atoms with E-state index in [1.807, 2.05) is 0 Å². The molecule has 6 N–H and O–H groups in total. The monoisotopic (exact) mass is 572 g/mol. The Bertz CT molecular complexity index is 1700. The van der Waals surface area contributed by atoms with Crippen LogP contribution in [-0.2, 0) is 22.9 Å². The number of carbonyl (C=O) groups is 2. The molecule has 2 amide bonds. The van der Waals surface area contributed by atoms with E-state index in [2.05, 4.69) is 15.3 Å². The summed E-state index contributed by atoms with van der Waals surface area (Å²) in [5.41, 5.74) is 6.02. The van der Waals surface area contributed by atoms with E-state index in [0.717, 1.165) is 18.2 Å². The van der Waals surface area contributed by atoms with Crippen LogP contribution in [0.5, 0.6) is 5.75 Å². The van der Waals surface area contributed by atoms with Crippen molar-refractivity contribution in [3.8, 4) is 17.0 Å². The zero-order valence-corrected chi connectivity index (χ0v) is 21.7. The average Bonchev–Trinajstić information content (AvgIpc) is 3.42. The number of nitrogen functional groups attached to an aromatic ring is 1. The van der Waals surface area contributed by atoms with E-state index in [0.29, 0.717) is 11.0 Å². The van der Waals surface area contributed by atoms with Crippen molar-refractivity contribution in [2.24, 2.45) is 12.8 Å². The molecule has 10 nitrogen and oxygen atoms in total. The average molecular weight is 573 g/mol. The van der Waals surface area contributed by atoms with Gasteiger partial charge in [-0.15, -0.1) is 0 Å². The largest absolute Gasteiger partial charge is 0.489 e. The molecule has 1 aliphatic heterocycles. The molecule has 214 valence electrons. The number of pyridine rings is 1. The van der Waals surface area contributed by atoms with Crippen LogP contribution >= 0.6 is 0 Å². The first-order valence-electron chi connectivity index (χ1n) is 12.2. The summed E-state index contributed by atoms with van der Waals surface area (Å²) in [5.74, 6) is -2.27. The summed E-state index contributed by atoms with van der Waals surface area (Å²) in [7, 11) is 1.66. The molecule has 0 radical (unpaired) electrons. The van der Waals surface area contributed by atoms with Gasteiger partial charge in [-0.2, -0.15) is 13.2 Å². The SMILES string of the molecule is Cn1c(N)nc2cc(C(=O)NCC(O)(c3cc4c(c(-c5ccc(F)cc5)n3)OC[C@]4(C)C(N)=O)C(F)(F)F)ccc21.